The Kier molecular flexibility index (Phi) is 4.44. The van der Waals surface area contributed by atoms with E-state index in [2.05, 4.69) is 9.97 Å². The van der Waals surface area contributed by atoms with Crippen molar-refractivity contribution >= 4 is 45.3 Å². The summed E-state index contributed by atoms with van der Waals surface area (Å²) in [5.74, 6) is -0.553. The smallest absolute Gasteiger partial charge is 0.414 e. The second kappa shape index (κ2) is 6.32. The largest absolute Gasteiger partial charge is 0.493 e. The highest BCUT2D eigenvalue weighted by molar-refractivity contribution is 6.31. The maximum atomic E-state index is 14.7. The molecule has 138 valence electrons. The molecule has 1 amide bonds. The first-order valence-electron chi connectivity index (χ1n) is 7.92. The number of halogens is 2. The van der Waals surface area contributed by atoms with Crippen molar-refractivity contribution in [3.05, 3.63) is 29.2 Å². The van der Waals surface area contributed by atoms with Gasteiger partial charge in [-0.1, -0.05) is 11.6 Å². The summed E-state index contributed by atoms with van der Waals surface area (Å²) < 4.78 is 25.3. The number of hydrogen-bond acceptors (Lipinski definition) is 4. The van der Waals surface area contributed by atoms with Crippen molar-refractivity contribution in [2.45, 2.75) is 26.4 Å². The Morgan fingerprint density at radius 1 is 1.35 bits per heavy atom. The summed E-state index contributed by atoms with van der Waals surface area (Å²) in [5.41, 5.74) is 0.639. The summed E-state index contributed by atoms with van der Waals surface area (Å²) in [6, 6.07) is 2.89. The number of methoxy groups -OCH3 is 1. The molecule has 6 nitrogen and oxygen atoms in total. The number of aromatic nitrogens is 2. The van der Waals surface area contributed by atoms with Crippen molar-refractivity contribution in [2.24, 2.45) is 0 Å². The van der Waals surface area contributed by atoms with Crippen LogP contribution in [0, 0.1) is 5.82 Å². The third-order valence-electron chi connectivity index (χ3n) is 3.81. The first-order chi connectivity index (χ1) is 12.1. The van der Waals surface area contributed by atoms with Crippen LogP contribution < -0.4 is 9.64 Å². The van der Waals surface area contributed by atoms with Crippen molar-refractivity contribution in [1.82, 2.24) is 9.97 Å². The molecule has 0 atom stereocenters. The lowest BCUT2D eigenvalue weighted by Crippen LogP contribution is -2.34. The van der Waals surface area contributed by atoms with E-state index in [1.54, 1.807) is 26.8 Å². The molecule has 0 saturated carbocycles. The molecule has 2 heterocycles. The molecule has 0 aliphatic carbocycles. The number of amides is 1. The highest BCUT2D eigenvalue weighted by Gasteiger charge is 2.26. The second-order valence-corrected chi connectivity index (χ2v) is 7.31. The quantitative estimate of drug-likeness (QED) is 0.688. The number of anilines is 1. The molecular weight excluding hydrogens is 361 g/mol. The van der Waals surface area contributed by atoms with Crippen LogP contribution in [0.25, 0.3) is 21.9 Å². The molecule has 0 aliphatic heterocycles. The molecule has 0 saturated heterocycles. The van der Waals surface area contributed by atoms with Crippen LogP contribution in [0.2, 0.25) is 5.02 Å². The number of aromatic amines is 1. The monoisotopic (exact) mass is 379 g/mol. The number of pyridine rings is 1. The number of carbonyl (C=O) groups is 1. The van der Waals surface area contributed by atoms with Gasteiger partial charge in [-0.15, -0.1) is 0 Å². The lowest BCUT2D eigenvalue weighted by molar-refractivity contribution is 0.0589. The first kappa shape index (κ1) is 18.3. The van der Waals surface area contributed by atoms with Gasteiger partial charge >= 0.3 is 6.09 Å². The van der Waals surface area contributed by atoms with E-state index < -0.39 is 17.5 Å². The summed E-state index contributed by atoms with van der Waals surface area (Å²) in [4.78, 5) is 21.0. The average Bonchev–Trinajstić information content (AvgIpc) is 2.90. The predicted octanol–water partition coefficient (Wildman–Crippen LogP) is 4.89. The third-order valence-corrected chi connectivity index (χ3v) is 4.02. The second-order valence-electron chi connectivity index (χ2n) is 6.87. The number of nitrogens with one attached hydrogen (secondary N) is 1. The number of nitrogens with zero attached hydrogens (tertiary/aromatic N) is 2. The van der Waals surface area contributed by atoms with Gasteiger partial charge in [0.15, 0.2) is 11.6 Å². The SMILES string of the molecule is COc1c(F)cc(N(C)C(=O)OC(C)(C)C)c2[nH]c3ncc(Cl)cc3c12. The standard InChI is InChI=1S/C18H19ClFN3O3/c1-18(2,3)26-17(24)23(4)12-7-11(20)15(25-5)13-10-6-9(19)8-21-16(10)22-14(12)13/h6-8H,1-5H3,(H,21,22). The molecule has 0 radical (unpaired) electrons. The number of hydrogen-bond donors (Lipinski definition) is 1. The molecule has 0 fully saturated rings. The number of benzene rings is 1. The summed E-state index contributed by atoms with van der Waals surface area (Å²) in [5, 5.41) is 1.47. The highest BCUT2D eigenvalue weighted by atomic mass is 35.5. The van der Waals surface area contributed by atoms with Gasteiger partial charge in [-0.2, -0.15) is 0 Å². The molecule has 2 aromatic heterocycles. The van der Waals surface area contributed by atoms with Gasteiger partial charge in [0.2, 0.25) is 0 Å². The van der Waals surface area contributed by atoms with E-state index in [4.69, 9.17) is 21.1 Å². The fraction of sp³-hybridized carbons (Fsp3) is 0.333. The third kappa shape index (κ3) is 3.14. The highest BCUT2D eigenvalue weighted by Crippen LogP contribution is 2.40. The molecule has 0 bridgehead atoms. The Morgan fingerprint density at radius 2 is 2.04 bits per heavy atom. The normalized spacial score (nSPS) is 11.8. The fourth-order valence-electron chi connectivity index (χ4n) is 2.74. The van der Waals surface area contributed by atoms with Crippen molar-refractivity contribution in [3.63, 3.8) is 0 Å². The average molecular weight is 380 g/mol. The van der Waals surface area contributed by atoms with E-state index in [0.29, 0.717) is 32.6 Å². The molecule has 0 unspecified atom stereocenters. The van der Waals surface area contributed by atoms with Gasteiger partial charge in [0.25, 0.3) is 0 Å². The van der Waals surface area contributed by atoms with Gasteiger partial charge in [0, 0.05) is 24.7 Å². The minimum Gasteiger partial charge on any atom is -0.493 e. The zero-order valence-corrected chi connectivity index (χ0v) is 15.9. The Labute approximate surface area is 154 Å². The van der Waals surface area contributed by atoms with E-state index in [1.807, 2.05) is 0 Å². The lowest BCUT2D eigenvalue weighted by atomic mass is 10.1. The van der Waals surface area contributed by atoms with Crippen LogP contribution in [0.4, 0.5) is 14.9 Å². The topological polar surface area (TPSA) is 67.4 Å². The summed E-state index contributed by atoms with van der Waals surface area (Å²) in [7, 11) is 2.90. The van der Waals surface area contributed by atoms with Gasteiger partial charge in [0.1, 0.15) is 11.2 Å². The molecule has 8 heteroatoms. The zero-order chi connectivity index (χ0) is 19.2. The molecule has 1 aromatic carbocycles. The summed E-state index contributed by atoms with van der Waals surface area (Å²) in [6.45, 7) is 5.29. The first-order valence-corrected chi connectivity index (χ1v) is 8.30. The van der Waals surface area contributed by atoms with Crippen LogP contribution in [-0.2, 0) is 4.74 Å². The van der Waals surface area contributed by atoms with Crippen LogP contribution in [0.5, 0.6) is 5.75 Å². The van der Waals surface area contributed by atoms with Gasteiger partial charge in [-0.25, -0.2) is 14.2 Å². The van der Waals surface area contributed by atoms with Gasteiger partial charge in [-0.05, 0) is 26.8 Å². The van der Waals surface area contributed by atoms with Crippen molar-refractivity contribution in [2.75, 3.05) is 19.1 Å². The molecule has 0 aliphatic rings. The van der Waals surface area contributed by atoms with Gasteiger partial charge < -0.3 is 14.5 Å². The lowest BCUT2D eigenvalue weighted by Gasteiger charge is -2.25. The van der Waals surface area contributed by atoms with Crippen molar-refractivity contribution < 1.29 is 18.7 Å². The van der Waals surface area contributed by atoms with E-state index in [-0.39, 0.29) is 5.75 Å². The Bertz CT molecular complexity index is 1010. The van der Waals surface area contributed by atoms with Crippen LogP contribution in [0.3, 0.4) is 0 Å². The van der Waals surface area contributed by atoms with Crippen LogP contribution in [0.1, 0.15) is 20.8 Å². The molecule has 26 heavy (non-hydrogen) atoms. The van der Waals surface area contributed by atoms with Crippen molar-refractivity contribution in [1.29, 1.82) is 0 Å². The van der Waals surface area contributed by atoms with Gasteiger partial charge in [0.05, 0.1) is 28.7 Å². The van der Waals surface area contributed by atoms with Crippen molar-refractivity contribution in [3.8, 4) is 5.75 Å². The maximum Gasteiger partial charge on any atom is 0.414 e. The van der Waals surface area contributed by atoms with E-state index in [1.165, 1.54) is 31.3 Å². The number of H-pyrrole nitrogens is 1. The minimum absolute atomic E-state index is 0.0525. The summed E-state index contributed by atoms with van der Waals surface area (Å²) >= 11 is 6.04. The zero-order valence-electron chi connectivity index (χ0n) is 15.1. The summed E-state index contributed by atoms with van der Waals surface area (Å²) in [6.07, 6.45) is 0.882. The minimum atomic E-state index is -0.676. The van der Waals surface area contributed by atoms with E-state index in [9.17, 15) is 9.18 Å². The Balaban J connectivity index is 2.27. The number of ether oxygens (including phenoxy) is 2. The Hall–Kier alpha value is -2.54. The van der Waals surface area contributed by atoms with Crippen LogP contribution >= 0.6 is 11.6 Å². The van der Waals surface area contributed by atoms with Gasteiger partial charge in [-0.3, -0.25) is 4.90 Å². The number of fused-ring (bicyclic) bond motifs is 3. The van der Waals surface area contributed by atoms with Crippen LogP contribution in [-0.4, -0.2) is 35.8 Å². The fourth-order valence-corrected chi connectivity index (χ4v) is 2.90. The van der Waals surface area contributed by atoms with E-state index in [0.717, 1.165) is 0 Å². The predicted molar refractivity (Wildman–Crippen MR) is 99.8 cm³/mol. The van der Waals surface area contributed by atoms with E-state index >= 15 is 0 Å². The molecule has 1 N–H and O–H groups in total. The Morgan fingerprint density at radius 3 is 2.65 bits per heavy atom. The number of rotatable bonds is 2. The number of carbonyl (C=O) groups excluding carboxylic acids is 1. The molecular formula is C18H19ClFN3O3. The molecule has 3 aromatic rings. The van der Waals surface area contributed by atoms with Crippen LogP contribution in [0.15, 0.2) is 18.3 Å². The maximum absolute atomic E-state index is 14.7. The molecule has 3 rings (SSSR count). The molecule has 0 spiro atoms.